The Kier molecular flexibility index (Phi) is 3.63. The number of amides is 1. The highest BCUT2D eigenvalue weighted by molar-refractivity contribution is 6.06. The van der Waals surface area contributed by atoms with Crippen molar-refractivity contribution in [1.82, 2.24) is 20.4 Å². The standard InChI is InChI=1S/C15H20N4O2/c1-9-7-12(13-10(2)18-21-14(13)17-9)15(20)19-6-4-5-11(8-19)16-3/h7,11,16H,4-6,8H2,1-3H3. The lowest BCUT2D eigenvalue weighted by molar-refractivity contribution is 0.0700. The molecule has 0 spiro atoms. The van der Waals surface area contributed by atoms with Crippen LogP contribution in [0.1, 0.15) is 34.6 Å². The lowest BCUT2D eigenvalue weighted by Crippen LogP contribution is -2.47. The number of pyridine rings is 1. The van der Waals surface area contributed by atoms with Gasteiger partial charge in [-0.25, -0.2) is 4.98 Å². The van der Waals surface area contributed by atoms with Crippen molar-refractivity contribution in [3.63, 3.8) is 0 Å². The van der Waals surface area contributed by atoms with Gasteiger partial charge in [0.2, 0.25) is 0 Å². The van der Waals surface area contributed by atoms with E-state index in [1.807, 2.05) is 31.9 Å². The molecule has 0 saturated carbocycles. The molecule has 2 aromatic heterocycles. The molecule has 0 bridgehead atoms. The van der Waals surface area contributed by atoms with Gasteiger partial charge in [-0.15, -0.1) is 0 Å². The van der Waals surface area contributed by atoms with E-state index in [4.69, 9.17) is 4.52 Å². The minimum atomic E-state index is 0.0387. The van der Waals surface area contributed by atoms with E-state index in [9.17, 15) is 4.79 Å². The van der Waals surface area contributed by atoms with Crippen LogP contribution < -0.4 is 5.32 Å². The molecule has 1 fully saturated rings. The maximum Gasteiger partial charge on any atom is 0.258 e. The summed E-state index contributed by atoms with van der Waals surface area (Å²) in [5.41, 5.74) is 2.57. The number of hydrogen-bond acceptors (Lipinski definition) is 5. The van der Waals surface area contributed by atoms with Gasteiger partial charge in [0.1, 0.15) is 0 Å². The van der Waals surface area contributed by atoms with Crippen molar-refractivity contribution < 1.29 is 9.32 Å². The molecule has 3 heterocycles. The summed E-state index contributed by atoms with van der Waals surface area (Å²) in [6.45, 7) is 5.24. The van der Waals surface area contributed by atoms with Crippen molar-refractivity contribution >= 4 is 17.0 Å². The van der Waals surface area contributed by atoms with Crippen LogP contribution in [0.5, 0.6) is 0 Å². The molecule has 3 rings (SSSR count). The van der Waals surface area contributed by atoms with E-state index < -0.39 is 0 Å². The zero-order valence-electron chi connectivity index (χ0n) is 12.6. The van der Waals surface area contributed by atoms with Gasteiger partial charge in [0.25, 0.3) is 11.6 Å². The van der Waals surface area contributed by atoms with E-state index in [0.29, 0.717) is 23.0 Å². The molecule has 6 heteroatoms. The van der Waals surface area contributed by atoms with Gasteiger partial charge >= 0.3 is 0 Å². The fourth-order valence-corrected chi connectivity index (χ4v) is 2.95. The highest BCUT2D eigenvalue weighted by atomic mass is 16.5. The minimum Gasteiger partial charge on any atom is -0.337 e. The first-order valence-corrected chi connectivity index (χ1v) is 7.30. The molecule has 0 radical (unpaired) electrons. The Morgan fingerprint density at radius 2 is 2.29 bits per heavy atom. The Bertz CT molecular complexity index is 680. The van der Waals surface area contributed by atoms with Gasteiger partial charge in [-0.05, 0) is 39.8 Å². The van der Waals surface area contributed by atoms with Crippen molar-refractivity contribution in [2.75, 3.05) is 20.1 Å². The second-order valence-electron chi connectivity index (χ2n) is 5.64. The second kappa shape index (κ2) is 5.44. The lowest BCUT2D eigenvalue weighted by atomic mass is 10.0. The average molecular weight is 288 g/mol. The topological polar surface area (TPSA) is 71.3 Å². The zero-order chi connectivity index (χ0) is 15.0. The molecule has 2 aromatic rings. The third-order valence-electron chi connectivity index (χ3n) is 4.09. The van der Waals surface area contributed by atoms with Gasteiger partial charge in [0.15, 0.2) is 0 Å². The third-order valence-corrected chi connectivity index (χ3v) is 4.09. The number of likely N-dealkylation sites (N-methyl/N-ethyl adjacent to an activating group) is 1. The van der Waals surface area contributed by atoms with Gasteiger partial charge in [-0.2, -0.15) is 0 Å². The average Bonchev–Trinajstić information content (AvgIpc) is 2.87. The Balaban J connectivity index is 1.99. The Morgan fingerprint density at radius 1 is 1.48 bits per heavy atom. The van der Waals surface area contributed by atoms with Crippen LogP contribution >= 0.6 is 0 Å². The first-order chi connectivity index (χ1) is 10.1. The van der Waals surface area contributed by atoms with Gasteiger partial charge in [-0.3, -0.25) is 4.79 Å². The van der Waals surface area contributed by atoms with Gasteiger partial charge < -0.3 is 14.7 Å². The summed E-state index contributed by atoms with van der Waals surface area (Å²) in [5.74, 6) is 0.0387. The van der Waals surface area contributed by atoms with Crippen LogP contribution in [0.3, 0.4) is 0 Å². The number of hydrogen-bond donors (Lipinski definition) is 1. The number of aryl methyl sites for hydroxylation is 2. The van der Waals surface area contributed by atoms with Crippen LogP contribution in [0, 0.1) is 13.8 Å². The van der Waals surface area contributed by atoms with Gasteiger partial charge in [-0.1, -0.05) is 5.16 Å². The number of piperidine rings is 1. The lowest BCUT2D eigenvalue weighted by Gasteiger charge is -2.32. The first kappa shape index (κ1) is 14.0. The second-order valence-corrected chi connectivity index (χ2v) is 5.64. The molecule has 0 aromatic carbocycles. The maximum atomic E-state index is 12.9. The highest BCUT2D eigenvalue weighted by Crippen LogP contribution is 2.24. The number of aromatic nitrogens is 2. The summed E-state index contributed by atoms with van der Waals surface area (Å²) in [5, 5.41) is 7.93. The molecular formula is C15H20N4O2. The van der Waals surface area contributed by atoms with Crippen molar-refractivity contribution in [3.8, 4) is 0 Å². The normalized spacial score (nSPS) is 19.2. The van der Waals surface area contributed by atoms with Crippen molar-refractivity contribution in [2.45, 2.75) is 32.7 Å². The number of carbonyl (C=O) groups excluding carboxylic acids is 1. The number of nitrogens with one attached hydrogen (secondary N) is 1. The molecule has 1 N–H and O–H groups in total. The van der Waals surface area contributed by atoms with Crippen LogP contribution in [0.15, 0.2) is 10.6 Å². The number of fused-ring (bicyclic) bond motifs is 1. The van der Waals surface area contributed by atoms with E-state index in [1.165, 1.54) is 0 Å². The minimum absolute atomic E-state index is 0.0387. The van der Waals surface area contributed by atoms with Crippen molar-refractivity contribution in [2.24, 2.45) is 0 Å². The van der Waals surface area contributed by atoms with Crippen LogP contribution in [0.4, 0.5) is 0 Å². The Hall–Kier alpha value is -1.95. The van der Waals surface area contributed by atoms with E-state index >= 15 is 0 Å². The predicted octanol–water partition coefficient (Wildman–Crippen LogP) is 1.66. The number of carbonyl (C=O) groups is 1. The van der Waals surface area contributed by atoms with Crippen molar-refractivity contribution in [3.05, 3.63) is 23.0 Å². The van der Waals surface area contributed by atoms with Crippen LogP contribution in [-0.2, 0) is 0 Å². The highest BCUT2D eigenvalue weighted by Gasteiger charge is 2.26. The number of likely N-dealkylation sites (tertiary alicyclic amines) is 1. The van der Waals surface area contributed by atoms with E-state index in [2.05, 4.69) is 15.5 Å². The molecule has 1 unspecified atom stereocenters. The molecule has 21 heavy (non-hydrogen) atoms. The summed E-state index contributed by atoms with van der Waals surface area (Å²) >= 11 is 0. The zero-order valence-corrected chi connectivity index (χ0v) is 12.6. The monoisotopic (exact) mass is 288 g/mol. The quantitative estimate of drug-likeness (QED) is 0.910. The van der Waals surface area contributed by atoms with Crippen molar-refractivity contribution in [1.29, 1.82) is 0 Å². The predicted molar refractivity (Wildman–Crippen MR) is 79.3 cm³/mol. The maximum absolute atomic E-state index is 12.9. The van der Waals surface area contributed by atoms with Crippen LogP contribution in [0.2, 0.25) is 0 Å². The fraction of sp³-hybridized carbons (Fsp3) is 0.533. The Morgan fingerprint density at radius 3 is 3.05 bits per heavy atom. The number of nitrogens with zero attached hydrogens (tertiary/aromatic N) is 3. The molecule has 1 atom stereocenters. The number of rotatable bonds is 2. The molecule has 1 aliphatic rings. The molecular weight excluding hydrogens is 268 g/mol. The van der Waals surface area contributed by atoms with E-state index in [-0.39, 0.29) is 5.91 Å². The first-order valence-electron chi connectivity index (χ1n) is 7.30. The van der Waals surface area contributed by atoms with Crippen LogP contribution in [0.25, 0.3) is 11.1 Å². The smallest absolute Gasteiger partial charge is 0.258 e. The molecule has 0 aliphatic carbocycles. The summed E-state index contributed by atoms with van der Waals surface area (Å²) in [6.07, 6.45) is 2.13. The Labute approximate surface area is 123 Å². The molecule has 1 aliphatic heterocycles. The summed E-state index contributed by atoms with van der Waals surface area (Å²) in [4.78, 5) is 19.1. The van der Waals surface area contributed by atoms with E-state index in [0.717, 1.165) is 37.0 Å². The molecule has 1 amide bonds. The van der Waals surface area contributed by atoms with Gasteiger partial charge in [0, 0.05) is 24.8 Å². The van der Waals surface area contributed by atoms with Gasteiger partial charge in [0.05, 0.1) is 16.6 Å². The SMILES string of the molecule is CNC1CCCN(C(=O)c2cc(C)nc3onc(C)c23)C1. The largest absolute Gasteiger partial charge is 0.337 e. The van der Waals surface area contributed by atoms with Crippen LogP contribution in [-0.4, -0.2) is 47.1 Å². The summed E-state index contributed by atoms with van der Waals surface area (Å²) < 4.78 is 5.21. The fourth-order valence-electron chi connectivity index (χ4n) is 2.95. The molecule has 6 nitrogen and oxygen atoms in total. The summed E-state index contributed by atoms with van der Waals surface area (Å²) in [7, 11) is 1.94. The summed E-state index contributed by atoms with van der Waals surface area (Å²) in [6, 6.07) is 2.20. The third kappa shape index (κ3) is 2.51. The molecule has 1 saturated heterocycles. The molecule has 112 valence electrons. The van der Waals surface area contributed by atoms with E-state index in [1.54, 1.807) is 0 Å².